The van der Waals surface area contributed by atoms with Crippen molar-refractivity contribution in [3.63, 3.8) is 0 Å². The van der Waals surface area contributed by atoms with Gasteiger partial charge in [-0.05, 0) is 44.5 Å². The molecule has 144 valence electrons. The Morgan fingerprint density at radius 3 is 2.62 bits per heavy atom. The quantitative estimate of drug-likeness (QED) is 0.352. The summed E-state index contributed by atoms with van der Waals surface area (Å²) in [6.07, 6.45) is 1.66. The van der Waals surface area contributed by atoms with Gasteiger partial charge >= 0.3 is 0 Å². The predicted octanol–water partition coefficient (Wildman–Crippen LogP) is 3.27. The van der Waals surface area contributed by atoms with E-state index in [-0.39, 0.29) is 22.5 Å². The van der Waals surface area contributed by atoms with E-state index in [1.807, 2.05) is 13.8 Å². The number of phenols is 1. The van der Waals surface area contributed by atoms with Crippen LogP contribution in [-0.4, -0.2) is 34.7 Å². The summed E-state index contributed by atoms with van der Waals surface area (Å²) in [5.74, 6) is 0.498. The summed E-state index contributed by atoms with van der Waals surface area (Å²) in [4.78, 5) is 16.7. The smallest absolute Gasteiger partial charge is 0.223 e. The number of hydrogen-bond acceptors (Lipinski definition) is 6. The first-order valence-corrected chi connectivity index (χ1v) is 9.11. The molecule has 8 heteroatoms. The number of phenolic OH excluding ortho intramolecular Hbond substituents is 1. The van der Waals surface area contributed by atoms with Gasteiger partial charge in [0.05, 0.1) is 27.5 Å². The molecule has 0 bridgehead atoms. The maximum Gasteiger partial charge on any atom is 0.223 e. The van der Waals surface area contributed by atoms with E-state index >= 15 is 0 Å². The number of rotatable bonds is 1. The van der Waals surface area contributed by atoms with Crippen LogP contribution in [0.1, 0.15) is 17.0 Å². The van der Waals surface area contributed by atoms with Gasteiger partial charge in [-0.2, -0.15) is 0 Å². The highest BCUT2D eigenvalue weighted by atomic mass is 16.3. The van der Waals surface area contributed by atoms with Crippen molar-refractivity contribution in [2.45, 2.75) is 20.8 Å². The molecule has 4 heterocycles. The van der Waals surface area contributed by atoms with Gasteiger partial charge in [0.1, 0.15) is 22.6 Å². The second kappa shape index (κ2) is 5.78. The van der Waals surface area contributed by atoms with Gasteiger partial charge < -0.3 is 15.2 Å². The van der Waals surface area contributed by atoms with Gasteiger partial charge in [-0.1, -0.05) is 6.07 Å². The van der Waals surface area contributed by atoms with Crippen molar-refractivity contribution in [2.24, 2.45) is 0 Å². The van der Waals surface area contributed by atoms with Crippen molar-refractivity contribution in [3.05, 3.63) is 52.9 Å². The minimum absolute atomic E-state index is 0.0404. The summed E-state index contributed by atoms with van der Waals surface area (Å²) in [7, 11) is 0. The molecule has 0 unspecified atom stereocenters. The zero-order chi connectivity index (χ0) is 20.4. The third-order valence-corrected chi connectivity index (χ3v) is 5.28. The second-order valence-corrected chi connectivity index (χ2v) is 7.14. The number of aromatic hydroxyl groups is 2. The number of nitrogens with one attached hydrogen (secondary N) is 2. The molecule has 0 spiro atoms. The molecular weight excluding hydrogens is 368 g/mol. The second-order valence-electron chi connectivity index (χ2n) is 7.14. The summed E-state index contributed by atoms with van der Waals surface area (Å²) >= 11 is 0. The maximum atomic E-state index is 10.8. The van der Waals surface area contributed by atoms with Gasteiger partial charge in [-0.3, -0.25) is 15.0 Å². The van der Waals surface area contributed by atoms with Crippen molar-refractivity contribution < 1.29 is 10.2 Å². The zero-order valence-electron chi connectivity index (χ0n) is 16.1. The van der Waals surface area contributed by atoms with Crippen LogP contribution in [0.15, 0.2) is 30.5 Å². The molecule has 0 aliphatic rings. The van der Waals surface area contributed by atoms with Gasteiger partial charge in [0.15, 0.2) is 5.65 Å². The van der Waals surface area contributed by atoms with Crippen LogP contribution in [0.2, 0.25) is 0 Å². The number of hydrogen-bond donors (Lipinski definition) is 4. The highest BCUT2D eigenvalue weighted by Gasteiger charge is 2.23. The maximum absolute atomic E-state index is 10.8. The van der Waals surface area contributed by atoms with Crippen molar-refractivity contribution in [2.75, 3.05) is 0 Å². The minimum Gasteiger partial charge on any atom is -0.508 e. The summed E-state index contributed by atoms with van der Waals surface area (Å²) in [5, 5.41) is 30.8. The monoisotopic (exact) mass is 386 g/mol. The minimum atomic E-state index is -0.263. The highest BCUT2D eigenvalue weighted by Crippen LogP contribution is 2.34. The molecule has 8 nitrogen and oxygen atoms in total. The largest absolute Gasteiger partial charge is 0.508 e. The van der Waals surface area contributed by atoms with Gasteiger partial charge in [-0.25, -0.2) is 9.97 Å². The molecular formula is C21H18N6O2. The Hall–Kier alpha value is -3.94. The Balaban J connectivity index is 2.14. The molecule has 4 aromatic heterocycles. The molecule has 0 aliphatic carbocycles. The number of nitrogens with zero attached hydrogens (tertiary/aromatic N) is 4. The van der Waals surface area contributed by atoms with E-state index in [2.05, 4.69) is 19.9 Å². The van der Waals surface area contributed by atoms with Crippen LogP contribution in [0.3, 0.4) is 0 Å². The standard InChI is InChI=1S/C21H18N6O2/c1-9-6-7-13(28)10(2)18(9)27-19(22)15-14-17(24-11(3)25-20(14)27)16-12(26-21(15)29)5-4-8-23-16/h4-8,22,28-29H,1-3H3,(H,24,25). The van der Waals surface area contributed by atoms with E-state index in [1.165, 1.54) is 0 Å². The molecule has 0 radical (unpaired) electrons. The molecule has 4 N–H and O–H groups in total. The number of pyridine rings is 1. The van der Waals surface area contributed by atoms with Crippen LogP contribution in [0.4, 0.5) is 0 Å². The summed E-state index contributed by atoms with van der Waals surface area (Å²) in [6.45, 7) is 5.53. The van der Waals surface area contributed by atoms with Crippen molar-refractivity contribution in [3.8, 4) is 17.3 Å². The third-order valence-electron chi connectivity index (χ3n) is 5.28. The summed E-state index contributed by atoms with van der Waals surface area (Å²) < 4.78 is 1.65. The Kier molecular flexibility index (Phi) is 3.42. The number of benzene rings is 1. The van der Waals surface area contributed by atoms with Crippen molar-refractivity contribution >= 4 is 33.0 Å². The first-order chi connectivity index (χ1) is 13.9. The van der Waals surface area contributed by atoms with Crippen LogP contribution in [-0.2, 0) is 0 Å². The summed E-state index contributed by atoms with van der Waals surface area (Å²) in [6, 6.07) is 6.94. The number of H-pyrrole nitrogens is 1. The molecule has 5 aromatic rings. The molecule has 29 heavy (non-hydrogen) atoms. The van der Waals surface area contributed by atoms with Crippen LogP contribution < -0.4 is 5.49 Å². The Labute approximate surface area is 164 Å². The normalized spacial score (nSPS) is 11.7. The highest BCUT2D eigenvalue weighted by molar-refractivity contribution is 6.15. The van der Waals surface area contributed by atoms with E-state index in [1.54, 1.807) is 42.0 Å². The Morgan fingerprint density at radius 1 is 1.03 bits per heavy atom. The van der Waals surface area contributed by atoms with Gasteiger partial charge in [0, 0.05) is 11.8 Å². The van der Waals surface area contributed by atoms with Gasteiger partial charge in [0.25, 0.3) is 0 Å². The average molecular weight is 386 g/mol. The van der Waals surface area contributed by atoms with Crippen LogP contribution in [0.5, 0.6) is 11.6 Å². The van der Waals surface area contributed by atoms with Gasteiger partial charge in [-0.15, -0.1) is 0 Å². The van der Waals surface area contributed by atoms with E-state index < -0.39 is 0 Å². The molecule has 0 atom stereocenters. The average Bonchev–Trinajstić information content (AvgIpc) is 2.89. The fraction of sp³-hybridized carbons (Fsp3) is 0.143. The Bertz CT molecular complexity index is 1530. The predicted molar refractivity (Wildman–Crippen MR) is 109 cm³/mol. The topological polar surface area (TPSA) is 124 Å². The van der Waals surface area contributed by atoms with Crippen LogP contribution in [0.25, 0.3) is 38.7 Å². The fourth-order valence-electron chi connectivity index (χ4n) is 3.96. The lowest BCUT2D eigenvalue weighted by Crippen LogP contribution is -2.16. The number of aromatic nitrogens is 5. The Morgan fingerprint density at radius 2 is 1.83 bits per heavy atom. The third kappa shape index (κ3) is 2.25. The van der Waals surface area contributed by atoms with E-state index in [4.69, 9.17) is 5.41 Å². The molecule has 0 amide bonds. The van der Waals surface area contributed by atoms with Crippen LogP contribution in [0, 0.1) is 26.2 Å². The SMILES string of the molecule is Cc1nc2c3c(c(O)nc4cccnc4c3[nH]1)c(=N)n2-c1c(C)ccc(O)c1C. The van der Waals surface area contributed by atoms with Crippen molar-refractivity contribution in [1.29, 1.82) is 5.41 Å². The number of fused-ring (bicyclic) bond motifs is 2. The van der Waals surface area contributed by atoms with Crippen molar-refractivity contribution in [1.82, 2.24) is 24.5 Å². The number of aromatic amines is 1. The zero-order valence-corrected chi connectivity index (χ0v) is 16.1. The lowest BCUT2D eigenvalue weighted by atomic mass is 10.1. The fourth-order valence-corrected chi connectivity index (χ4v) is 3.96. The lowest BCUT2D eigenvalue weighted by molar-refractivity contribution is 0.462. The molecule has 0 fully saturated rings. The van der Waals surface area contributed by atoms with Gasteiger partial charge in [0.2, 0.25) is 5.88 Å². The first-order valence-electron chi connectivity index (χ1n) is 9.11. The molecule has 1 aromatic carbocycles. The molecule has 0 saturated heterocycles. The molecule has 0 aliphatic heterocycles. The van der Waals surface area contributed by atoms with Crippen LogP contribution >= 0.6 is 0 Å². The molecule has 0 saturated carbocycles. The summed E-state index contributed by atoms with van der Waals surface area (Å²) in [5.41, 5.74) is 4.43. The number of aryl methyl sites for hydroxylation is 2. The van der Waals surface area contributed by atoms with E-state index in [9.17, 15) is 10.2 Å². The first kappa shape index (κ1) is 17.2. The molecule has 5 rings (SSSR count). The van der Waals surface area contributed by atoms with E-state index in [0.29, 0.717) is 44.7 Å². The lowest BCUT2D eigenvalue weighted by Gasteiger charge is -2.14. The van der Waals surface area contributed by atoms with E-state index in [0.717, 1.165) is 5.56 Å².